The Hall–Kier alpha value is -3.75. The van der Waals surface area contributed by atoms with Gasteiger partial charge in [0.05, 0.1) is 12.2 Å². The highest BCUT2D eigenvalue weighted by atomic mass is 16.5. The molecule has 0 bridgehead atoms. The van der Waals surface area contributed by atoms with Gasteiger partial charge in [0.25, 0.3) is 11.6 Å². The largest absolute Gasteiger partial charge is 0.460 e. The number of ether oxygens (including phenoxy) is 2. The molecule has 0 fully saturated rings. The first-order valence-corrected chi connectivity index (χ1v) is 9.03. The third-order valence-corrected chi connectivity index (χ3v) is 4.31. The molecule has 0 atom stereocenters. The van der Waals surface area contributed by atoms with Crippen LogP contribution in [0.5, 0.6) is 0 Å². The Labute approximate surface area is 165 Å². The van der Waals surface area contributed by atoms with Crippen LogP contribution in [0.15, 0.2) is 34.7 Å². The van der Waals surface area contributed by atoms with Crippen molar-refractivity contribution in [3.63, 3.8) is 0 Å². The van der Waals surface area contributed by atoms with Crippen molar-refractivity contribution in [3.05, 3.63) is 58.9 Å². The van der Waals surface area contributed by atoms with E-state index in [0.717, 1.165) is 11.4 Å². The Bertz CT molecular complexity index is 1240. The summed E-state index contributed by atoms with van der Waals surface area (Å²) < 4.78 is 17.5. The molecule has 0 spiro atoms. The van der Waals surface area contributed by atoms with Crippen molar-refractivity contribution in [1.29, 1.82) is 0 Å². The lowest BCUT2D eigenvalue weighted by Crippen LogP contribution is -2.11. The highest BCUT2D eigenvalue weighted by Crippen LogP contribution is 2.27. The first kappa shape index (κ1) is 18.6. The van der Waals surface area contributed by atoms with E-state index in [4.69, 9.17) is 13.9 Å². The summed E-state index contributed by atoms with van der Waals surface area (Å²) >= 11 is 0. The Morgan fingerprint density at radius 1 is 1.10 bits per heavy atom. The second-order valence-corrected chi connectivity index (χ2v) is 6.39. The number of furan rings is 1. The molecule has 9 nitrogen and oxygen atoms in total. The fourth-order valence-electron chi connectivity index (χ4n) is 3.06. The van der Waals surface area contributed by atoms with Gasteiger partial charge in [-0.25, -0.2) is 19.1 Å². The molecule has 0 N–H and O–H groups in total. The van der Waals surface area contributed by atoms with Crippen molar-refractivity contribution in [2.24, 2.45) is 0 Å². The van der Waals surface area contributed by atoms with Crippen LogP contribution < -0.4 is 0 Å². The number of esters is 2. The summed E-state index contributed by atoms with van der Waals surface area (Å²) in [4.78, 5) is 33.1. The minimum Gasteiger partial charge on any atom is -0.460 e. The van der Waals surface area contributed by atoms with E-state index in [1.807, 2.05) is 19.9 Å². The standard InChI is InChI=1S/C20H18N4O5/c1-4-27-18(25)16-14(13-7-5-6-8-15(13)29-16)10-28-19(26)17-22-20-21-11(2)9-12(3)24(20)23-17/h5-9H,4,10H2,1-3H3. The summed E-state index contributed by atoms with van der Waals surface area (Å²) in [5.74, 6) is -1.13. The van der Waals surface area contributed by atoms with Gasteiger partial charge in [-0.3, -0.25) is 0 Å². The Morgan fingerprint density at radius 2 is 1.90 bits per heavy atom. The van der Waals surface area contributed by atoms with Gasteiger partial charge in [0.15, 0.2) is 0 Å². The van der Waals surface area contributed by atoms with Crippen LogP contribution >= 0.6 is 0 Å². The maximum Gasteiger partial charge on any atom is 0.378 e. The zero-order valence-corrected chi connectivity index (χ0v) is 16.1. The number of aromatic nitrogens is 4. The summed E-state index contributed by atoms with van der Waals surface area (Å²) in [6.07, 6.45) is 0. The Balaban J connectivity index is 1.62. The number of benzene rings is 1. The van der Waals surface area contributed by atoms with Crippen LogP contribution in [-0.4, -0.2) is 38.1 Å². The Morgan fingerprint density at radius 3 is 2.69 bits per heavy atom. The summed E-state index contributed by atoms with van der Waals surface area (Å²) in [7, 11) is 0. The number of hydrogen-bond donors (Lipinski definition) is 0. The molecule has 148 valence electrons. The predicted octanol–water partition coefficient (Wildman–Crippen LogP) is 3.02. The zero-order chi connectivity index (χ0) is 20.5. The molecule has 9 heteroatoms. The average Bonchev–Trinajstić information content (AvgIpc) is 3.28. The number of rotatable bonds is 5. The first-order valence-electron chi connectivity index (χ1n) is 9.03. The molecular formula is C20H18N4O5. The number of nitrogens with zero attached hydrogens (tertiary/aromatic N) is 4. The van der Waals surface area contributed by atoms with Crippen LogP contribution in [0.25, 0.3) is 16.7 Å². The van der Waals surface area contributed by atoms with Crippen molar-refractivity contribution in [1.82, 2.24) is 19.6 Å². The van der Waals surface area contributed by atoms with Crippen molar-refractivity contribution >= 4 is 28.7 Å². The number of aryl methyl sites for hydroxylation is 2. The highest BCUT2D eigenvalue weighted by Gasteiger charge is 2.24. The Kier molecular flexibility index (Phi) is 4.71. The summed E-state index contributed by atoms with van der Waals surface area (Å²) in [6.45, 7) is 5.39. The summed E-state index contributed by atoms with van der Waals surface area (Å²) in [6, 6.07) is 8.93. The molecule has 29 heavy (non-hydrogen) atoms. The zero-order valence-electron chi connectivity index (χ0n) is 16.1. The SMILES string of the molecule is CCOC(=O)c1oc2ccccc2c1COC(=O)c1nc2nc(C)cc(C)n2n1. The van der Waals surface area contributed by atoms with E-state index in [1.54, 1.807) is 31.2 Å². The molecule has 0 aliphatic carbocycles. The molecule has 0 amide bonds. The van der Waals surface area contributed by atoms with Crippen LogP contribution in [0.2, 0.25) is 0 Å². The number of carbonyl (C=O) groups excluding carboxylic acids is 2. The normalized spacial score (nSPS) is 11.1. The third-order valence-electron chi connectivity index (χ3n) is 4.31. The second kappa shape index (κ2) is 7.34. The lowest BCUT2D eigenvalue weighted by Gasteiger charge is -2.04. The van der Waals surface area contributed by atoms with E-state index in [-0.39, 0.29) is 24.8 Å². The number of fused-ring (bicyclic) bond motifs is 2. The van der Waals surface area contributed by atoms with Gasteiger partial charge in [-0.1, -0.05) is 18.2 Å². The highest BCUT2D eigenvalue weighted by molar-refractivity contribution is 5.96. The fourth-order valence-corrected chi connectivity index (χ4v) is 3.06. The average molecular weight is 394 g/mol. The van der Waals surface area contributed by atoms with E-state index in [9.17, 15) is 9.59 Å². The molecule has 0 saturated carbocycles. The van der Waals surface area contributed by atoms with Crippen LogP contribution in [0.3, 0.4) is 0 Å². The quantitative estimate of drug-likeness (QED) is 0.475. The summed E-state index contributed by atoms with van der Waals surface area (Å²) in [5, 5.41) is 4.82. The van der Waals surface area contributed by atoms with E-state index in [2.05, 4.69) is 15.1 Å². The molecule has 0 unspecified atom stereocenters. The van der Waals surface area contributed by atoms with Crippen LogP contribution in [0.1, 0.15) is 45.0 Å². The molecule has 3 heterocycles. The lowest BCUT2D eigenvalue weighted by molar-refractivity contribution is 0.0426. The van der Waals surface area contributed by atoms with Crippen LogP contribution in [0, 0.1) is 13.8 Å². The van der Waals surface area contributed by atoms with Gasteiger partial charge >= 0.3 is 11.9 Å². The molecule has 0 aliphatic rings. The smallest absolute Gasteiger partial charge is 0.378 e. The van der Waals surface area contributed by atoms with Crippen molar-refractivity contribution < 1.29 is 23.5 Å². The summed E-state index contributed by atoms with van der Waals surface area (Å²) in [5.41, 5.74) is 2.50. The molecule has 0 aliphatic heterocycles. The topological polar surface area (TPSA) is 109 Å². The van der Waals surface area contributed by atoms with E-state index >= 15 is 0 Å². The fraction of sp³-hybridized carbons (Fsp3) is 0.250. The molecule has 0 radical (unpaired) electrons. The van der Waals surface area contributed by atoms with Gasteiger partial charge in [-0.05, 0) is 32.9 Å². The van der Waals surface area contributed by atoms with Crippen LogP contribution in [0.4, 0.5) is 0 Å². The van der Waals surface area contributed by atoms with Crippen LogP contribution in [-0.2, 0) is 16.1 Å². The minimum absolute atomic E-state index is 0.0111. The lowest BCUT2D eigenvalue weighted by atomic mass is 10.1. The van der Waals surface area contributed by atoms with E-state index in [1.165, 1.54) is 4.52 Å². The number of carbonyl (C=O) groups is 2. The molecule has 4 rings (SSSR count). The minimum atomic E-state index is -0.729. The van der Waals surface area contributed by atoms with Gasteiger partial charge in [0.2, 0.25) is 5.76 Å². The van der Waals surface area contributed by atoms with Gasteiger partial charge in [-0.2, -0.15) is 4.98 Å². The molecule has 3 aromatic heterocycles. The van der Waals surface area contributed by atoms with Gasteiger partial charge < -0.3 is 13.9 Å². The third kappa shape index (κ3) is 3.42. The van der Waals surface area contributed by atoms with Crippen molar-refractivity contribution in [2.75, 3.05) is 6.61 Å². The number of para-hydroxylation sites is 1. The monoisotopic (exact) mass is 394 g/mol. The molecule has 1 aromatic carbocycles. The molecule has 0 saturated heterocycles. The molecule has 4 aromatic rings. The molecular weight excluding hydrogens is 376 g/mol. The maximum absolute atomic E-state index is 12.5. The maximum atomic E-state index is 12.5. The van der Waals surface area contributed by atoms with Crippen molar-refractivity contribution in [2.45, 2.75) is 27.4 Å². The van der Waals surface area contributed by atoms with Crippen molar-refractivity contribution in [3.8, 4) is 0 Å². The van der Waals surface area contributed by atoms with E-state index in [0.29, 0.717) is 22.3 Å². The van der Waals surface area contributed by atoms with Gasteiger partial charge in [0.1, 0.15) is 12.2 Å². The van der Waals surface area contributed by atoms with Gasteiger partial charge in [-0.15, -0.1) is 5.10 Å². The van der Waals surface area contributed by atoms with Gasteiger partial charge in [0, 0.05) is 16.8 Å². The first-order chi connectivity index (χ1) is 14.0. The number of hydrogen-bond acceptors (Lipinski definition) is 8. The second-order valence-electron chi connectivity index (χ2n) is 6.39. The van der Waals surface area contributed by atoms with E-state index < -0.39 is 11.9 Å². The predicted molar refractivity (Wildman–Crippen MR) is 102 cm³/mol.